The van der Waals surface area contributed by atoms with E-state index in [4.69, 9.17) is 11.6 Å². The quantitative estimate of drug-likeness (QED) is 0.814. The van der Waals surface area contributed by atoms with E-state index < -0.39 is 0 Å². The first-order valence-corrected chi connectivity index (χ1v) is 7.70. The summed E-state index contributed by atoms with van der Waals surface area (Å²) in [6, 6.07) is 5.78. The lowest BCUT2D eigenvalue weighted by Crippen LogP contribution is -2.07. The van der Waals surface area contributed by atoms with Gasteiger partial charge in [0.25, 0.3) is 0 Å². The average Bonchev–Trinajstić information content (AvgIpc) is 2.78. The fraction of sp³-hybridized carbons (Fsp3) is 0.308. The van der Waals surface area contributed by atoms with Crippen LogP contribution in [0.25, 0.3) is 10.4 Å². The highest BCUT2D eigenvalue weighted by molar-refractivity contribution is 9.10. The number of anilines is 1. The fourth-order valence-corrected chi connectivity index (χ4v) is 3.08. The van der Waals surface area contributed by atoms with Gasteiger partial charge in [0.1, 0.15) is 0 Å². The Labute approximate surface area is 125 Å². The number of halogens is 2. The summed E-state index contributed by atoms with van der Waals surface area (Å²) in [5.74, 6) is 0.607. The number of hydrogen-bond donors (Lipinski definition) is 1. The van der Waals surface area contributed by atoms with Crippen LogP contribution in [0.2, 0.25) is 5.02 Å². The Hall–Kier alpha value is -0.580. The maximum Gasteiger partial charge on any atom is 0.183 e. The van der Waals surface area contributed by atoms with Crippen molar-refractivity contribution in [2.24, 2.45) is 5.92 Å². The SMILES string of the molecule is CC(C)CNc1ncc(-c2cc(Cl)ccc2Br)s1. The third-order valence-corrected chi connectivity index (χ3v) is 4.28. The molecule has 0 radical (unpaired) electrons. The minimum absolute atomic E-state index is 0.607. The molecule has 18 heavy (non-hydrogen) atoms. The van der Waals surface area contributed by atoms with Gasteiger partial charge in [0, 0.05) is 27.8 Å². The van der Waals surface area contributed by atoms with Crippen LogP contribution in [-0.4, -0.2) is 11.5 Å². The Morgan fingerprint density at radius 1 is 1.44 bits per heavy atom. The average molecular weight is 346 g/mol. The van der Waals surface area contributed by atoms with E-state index in [2.05, 4.69) is 40.1 Å². The molecule has 2 nitrogen and oxygen atoms in total. The van der Waals surface area contributed by atoms with Crippen molar-refractivity contribution in [2.45, 2.75) is 13.8 Å². The van der Waals surface area contributed by atoms with Gasteiger partial charge in [-0.15, -0.1) is 0 Å². The van der Waals surface area contributed by atoms with Crippen molar-refractivity contribution in [2.75, 3.05) is 11.9 Å². The highest BCUT2D eigenvalue weighted by atomic mass is 79.9. The summed E-state index contributed by atoms with van der Waals surface area (Å²) in [4.78, 5) is 5.49. The van der Waals surface area contributed by atoms with Gasteiger partial charge < -0.3 is 5.32 Å². The Morgan fingerprint density at radius 3 is 2.94 bits per heavy atom. The van der Waals surface area contributed by atoms with E-state index in [9.17, 15) is 0 Å². The summed E-state index contributed by atoms with van der Waals surface area (Å²) in [5.41, 5.74) is 1.08. The standard InChI is InChI=1S/C13H14BrClN2S/c1-8(2)6-16-13-17-7-12(18-13)10-5-9(15)3-4-11(10)14/h3-5,7-8H,6H2,1-2H3,(H,16,17). The summed E-state index contributed by atoms with van der Waals surface area (Å²) < 4.78 is 1.03. The zero-order valence-electron chi connectivity index (χ0n) is 10.2. The van der Waals surface area contributed by atoms with Gasteiger partial charge in [-0.3, -0.25) is 0 Å². The minimum Gasteiger partial charge on any atom is -0.361 e. The van der Waals surface area contributed by atoms with Crippen molar-refractivity contribution >= 4 is 44.0 Å². The highest BCUT2D eigenvalue weighted by Crippen LogP contribution is 2.35. The first kappa shape index (κ1) is 13.8. The Morgan fingerprint density at radius 2 is 2.22 bits per heavy atom. The van der Waals surface area contributed by atoms with Gasteiger partial charge in [-0.1, -0.05) is 52.7 Å². The van der Waals surface area contributed by atoms with Gasteiger partial charge in [-0.2, -0.15) is 0 Å². The van der Waals surface area contributed by atoms with Crippen LogP contribution in [0.15, 0.2) is 28.9 Å². The van der Waals surface area contributed by atoms with Gasteiger partial charge in [0.2, 0.25) is 0 Å². The molecule has 0 bridgehead atoms. The molecule has 0 aliphatic rings. The summed E-state index contributed by atoms with van der Waals surface area (Å²) in [6.07, 6.45) is 1.88. The monoisotopic (exact) mass is 344 g/mol. The molecule has 0 aliphatic carbocycles. The Bertz CT molecular complexity index is 540. The summed E-state index contributed by atoms with van der Waals surface area (Å²) in [6.45, 7) is 5.29. The van der Waals surface area contributed by atoms with E-state index in [1.165, 1.54) is 0 Å². The Kier molecular flexibility index (Phi) is 4.65. The number of nitrogens with zero attached hydrogens (tertiary/aromatic N) is 1. The molecule has 0 atom stereocenters. The second-order valence-electron chi connectivity index (χ2n) is 4.43. The molecular formula is C13H14BrClN2S. The summed E-state index contributed by atoms with van der Waals surface area (Å²) in [5, 5.41) is 5.01. The van der Waals surface area contributed by atoms with Gasteiger partial charge in [0.05, 0.1) is 4.88 Å². The minimum atomic E-state index is 0.607. The molecule has 1 heterocycles. The van der Waals surface area contributed by atoms with E-state index in [1.54, 1.807) is 11.3 Å². The van der Waals surface area contributed by atoms with Crippen molar-refractivity contribution in [1.82, 2.24) is 4.98 Å². The van der Waals surface area contributed by atoms with Crippen LogP contribution in [0, 0.1) is 5.92 Å². The molecule has 0 fully saturated rings. The topological polar surface area (TPSA) is 24.9 Å². The molecule has 0 spiro atoms. The fourth-order valence-electron chi connectivity index (χ4n) is 1.46. The van der Waals surface area contributed by atoms with Gasteiger partial charge in [-0.05, 0) is 24.1 Å². The lowest BCUT2D eigenvalue weighted by molar-refractivity contribution is 0.688. The summed E-state index contributed by atoms with van der Waals surface area (Å²) in [7, 11) is 0. The molecule has 1 aromatic heterocycles. The lowest BCUT2D eigenvalue weighted by Gasteiger charge is -2.04. The number of rotatable bonds is 4. The normalized spacial score (nSPS) is 10.9. The zero-order chi connectivity index (χ0) is 13.1. The van der Waals surface area contributed by atoms with Gasteiger partial charge in [0.15, 0.2) is 5.13 Å². The van der Waals surface area contributed by atoms with Gasteiger partial charge >= 0.3 is 0 Å². The van der Waals surface area contributed by atoms with E-state index in [0.717, 1.165) is 31.6 Å². The summed E-state index contributed by atoms with van der Waals surface area (Å²) >= 11 is 11.2. The van der Waals surface area contributed by atoms with E-state index in [1.807, 2.05) is 24.4 Å². The predicted octanol–water partition coefficient (Wildman–Crippen LogP) is 5.29. The molecule has 0 saturated heterocycles. The molecule has 5 heteroatoms. The number of hydrogen-bond acceptors (Lipinski definition) is 3. The van der Waals surface area contributed by atoms with Crippen LogP contribution in [0.1, 0.15) is 13.8 Å². The molecule has 0 unspecified atom stereocenters. The second-order valence-corrected chi connectivity index (χ2v) is 6.75. The zero-order valence-corrected chi connectivity index (χ0v) is 13.4. The number of thiazole rings is 1. The van der Waals surface area contributed by atoms with Crippen molar-refractivity contribution in [3.63, 3.8) is 0 Å². The maximum atomic E-state index is 6.02. The largest absolute Gasteiger partial charge is 0.361 e. The molecule has 0 saturated carbocycles. The highest BCUT2D eigenvalue weighted by Gasteiger charge is 2.08. The molecular weight excluding hydrogens is 332 g/mol. The van der Waals surface area contributed by atoms with Crippen LogP contribution in [0.5, 0.6) is 0 Å². The molecule has 96 valence electrons. The molecule has 2 rings (SSSR count). The second kappa shape index (κ2) is 6.04. The maximum absolute atomic E-state index is 6.02. The predicted molar refractivity (Wildman–Crippen MR) is 83.6 cm³/mol. The van der Waals surface area contributed by atoms with Crippen LogP contribution in [0.4, 0.5) is 5.13 Å². The van der Waals surface area contributed by atoms with Crippen molar-refractivity contribution in [3.05, 3.63) is 33.9 Å². The molecule has 0 aliphatic heterocycles. The molecule has 1 N–H and O–H groups in total. The number of benzene rings is 1. The van der Waals surface area contributed by atoms with E-state index in [-0.39, 0.29) is 0 Å². The Balaban J connectivity index is 2.21. The molecule has 1 aromatic carbocycles. The van der Waals surface area contributed by atoms with Crippen molar-refractivity contribution in [3.8, 4) is 10.4 Å². The van der Waals surface area contributed by atoms with Crippen LogP contribution in [0.3, 0.4) is 0 Å². The third-order valence-electron chi connectivity index (χ3n) is 2.36. The van der Waals surface area contributed by atoms with Gasteiger partial charge in [-0.25, -0.2) is 4.98 Å². The first-order chi connectivity index (χ1) is 8.56. The van der Waals surface area contributed by atoms with Crippen LogP contribution in [-0.2, 0) is 0 Å². The molecule has 2 aromatic rings. The van der Waals surface area contributed by atoms with Crippen LogP contribution >= 0.6 is 38.9 Å². The van der Waals surface area contributed by atoms with E-state index >= 15 is 0 Å². The van der Waals surface area contributed by atoms with Crippen molar-refractivity contribution < 1.29 is 0 Å². The lowest BCUT2D eigenvalue weighted by atomic mass is 10.2. The first-order valence-electron chi connectivity index (χ1n) is 5.71. The van der Waals surface area contributed by atoms with Crippen LogP contribution < -0.4 is 5.32 Å². The number of aromatic nitrogens is 1. The number of nitrogens with one attached hydrogen (secondary N) is 1. The van der Waals surface area contributed by atoms with E-state index in [0.29, 0.717) is 5.92 Å². The van der Waals surface area contributed by atoms with Crippen molar-refractivity contribution in [1.29, 1.82) is 0 Å². The molecule has 0 amide bonds. The third kappa shape index (κ3) is 3.46. The smallest absolute Gasteiger partial charge is 0.183 e.